The molecule has 0 saturated heterocycles. The Morgan fingerprint density at radius 3 is 2.36 bits per heavy atom. The van der Waals surface area contributed by atoms with Gasteiger partial charge in [0.15, 0.2) is 0 Å². The van der Waals surface area contributed by atoms with Crippen LogP contribution in [0.1, 0.15) is 26.3 Å². The Morgan fingerprint density at radius 2 is 1.72 bits per heavy atom. The summed E-state index contributed by atoms with van der Waals surface area (Å²) in [5, 5.41) is 15.9. The van der Waals surface area contributed by atoms with Gasteiger partial charge in [-0.15, -0.1) is 0 Å². The second-order valence-electron chi connectivity index (χ2n) is 5.25. The Morgan fingerprint density at radius 1 is 1.08 bits per heavy atom. The van der Waals surface area contributed by atoms with Crippen molar-refractivity contribution in [2.24, 2.45) is 0 Å². The smallest absolute Gasteiger partial charge is 0.282 e. The molecule has 2 amide bonds. The zero-order valence-electron chi connectivity index (χ0n) is 13.4. The number of halogens is 1. The zero-order valence-corrected chi connectivity index (χ0v) is 13.4. The summed E-state index contributed by atoms with van der Waals surface area (Å²) in [6.45, 7) is 1.76. The molecule has 7 nitrogen and oxygen atoms in total. The van der Waals surface area contributed by atoms with Crippen LogP contribution in [0, 0.1) is 22.9 Å². The second-order valence-corrected chi connectivity index (χ2v) is 5.25. The summed E-state index contributed by atoms with van der Waals surface area (Å²) < 4.78 is 13.4. The van der Waals surface area contributed by atoms with Crippen LogP contribution in [0.2, 0.25) is 0 Å². The predicted molar refractivity (Wildman–Crippen MR) is 88.9 cm³/mol. The first kappa shape index (κ1) is 18.1. The Labute approximate surface area is 143 Å². The number of nitrogens with zero attached hydrogens (tertiary/aromatic N) is 1. The fourth-order valence-corrected chi connectivity index (χ4v) is 2.11. The van der Waals surface area contributed by atoms with Crippen LogP contribution in [0.3, 0.4) is 0 Å². The summed E-state index contributed by atoms with van der Waals surface area (Å²) >= 11 is 0. The Balaban J connectivity index is 1.87. The van der Waals surface area contributed by atoms with Crippen molar-refractivity contribution in [3.63, 3.8) is 0 Å². The summed E-state index contributed by atoms with van der Waals surface area (Å²) in [5.41, 5.74) is 0.264. The molecule has 0 aliphatic heterocycles. The van der Waals surface area contributed by atoms with E-state index >= 15 is 0 Å². The molecular formula is C17H16FN3O4. The molecule has 130 valence electrons. The molecule has 0 radical (unpaired) electrons. The Bertz CT molecular complexity index is 823. The zero-order chi connectivity index (χ0) is 18.4. The van der Waals surface area contributed by atoms with Gasteiger partial charge in [-0.1, -0.05) is 18.2 Å². The maximum atomic E-state index is 13.4. The number of para-hydroxylation sites is 1. The largest absolute Gasteiger partial charge is 0.350 e. The average Bonchev–Trinajstić information content (AvgIpc) is 2.60. The molecule has 0 aliphatic carbocycles. The van der Waals surface area contributed by atoms with E-state index in [9.17, 15) is 24.1 Å². The molecule has 0 heterocycles. The Hall–Kier alpha value is -3.29. The molecule has 0 aromatic heterocycles. The van der Waals surface area contributed by atoms with Gasteiger partial charge in [-0.2, -0.15) is 0 Å². The normalized spacial score (nSPS) is 10.2. The predicted octanol–water partition coefficient (Wildman–Crippen LogP) is 2.20. The van der Waals surface area contributed by atoms with Gasteiger partial charge in [0.2, 0.25) is 0 Å². The van der Waals surface area contributed by atoms with Gasteiger partial charge in [0, 0.05) is 24.7 Å². The molecule has 0 atom stereocenters. The third-order valence-corrected chi connectivity index (χ3v) is 3.48. The van der Waals surface area contributed by atoms with Gasteiger partial charge >= 0.3 is 0 Å². The topological polar surface area (TPSA) is 101 Å². The number of nitrogens with one attached hydrogen (secondary N) is 2. The minimum Gasteiger partial charge on any atom is -0.350 e. The van der Waals surface area contributed by atoms with Gasteiger partial charge in [-0.25, -0.2) is 4.39 Å². The summed E-state index contributed by atoms with van der Waals surface area (Å²) in [4.78, 5) is 34.1. The van der Waals surface area contributed by atoms with Crippen molar-refractivity contribution in [2.75, 3.05) is 13.1 Å². The highest BCUT2D eigenvalue weighted by Crippen LogP contribution is 2.17. The van der Waals surface area contributed by atoms with Crippen LogP contribution < -0.4 is 10.6 Å². The quantitative estimate of drug-likeness (QED) is 0.476. The van der Waals surface area contributed by atoms with Crippen LogP contribution >= 0.6 is 0 Å². The van der Waals surface area contributed by atoms with Crippen LogP contribution in [-0.4, -0.2) is 29.8 Å². The van der Waals surface area contributed by atoms with E-state index in [2.05, 4.69) is 10.6 Å². The number of carbonyl (C=O) groups is 2. The molecule has 0 unspecified atom stereocenters. The lowest BCUT2D eigenvalue weighted by Gasteiger charge is -2.08. The number of carbonyl (C=O) groups excluding carboxylic acids is 2. The molecule has 2 rings (SSSR count). The van der Waals surface area contributed by atoms with E-state index in [0.717, 1.165) is 6.07 Å². The minimum absolute atomic E-state index is 0.0561. The van der Waals surface area contributed by atoms with E-state index in [0.29, 0.717) is 5.56 Å². The lowest BCUT2D eigenvalue weighted by atomic mass is 10.1. The second kappa shape index (κ2) is 8.00. The van der Waals surface area contributed by atoms with E-state index in [1.54, 1.807) is 6.92 Å². The van der Waals surface area contributed by atoms with Crippen LogP contribution in [0.25, 0.3) is 0 Å². The molecule has 0 bridgehead atoms. The molecule has 0 aliphatic rings. The number of aryl methyl sites for hydroxylation is 1. The molecule has 2 aromatic rings. The molecule has 0 spiro atoms. The number of nitro benzene ring substituents is 1. The highest BCUT2D eigenvalue weighted by Gasteiger charge is 2.18. The third-order valence-electron chi connectivity index (χ3n) is 3.48. The van der Waals surface area contributed by atoms with E-state index < -0.39 is 22.6 Å². The van der Waals surface area contributed by atoms with Crippen molar-refractivity contribution in [2.45, 2.75) is 6.92 Å². The first-order valence-electron chi connectivity index (χ1n) is 7.46. The molecular weight excluding hydrogens is 329 g/mol. The first-order chi connectivity index (χ1) is 11.9. The lowest BCUT2D eigenvalue weighted by molar-refractivity contribution is -0.385. The molecule has 25 heavy (non-hydrogen) atoms. The van der Waals surface area contributed by atoms with E-state index in [1.165, 1.54) is 36.4 Å². The van der Waals surface area contributed by atoms with Crippen molar-refractivity contribution in [1.29, 1.82) is 0 Å². The molecule has 2 aromatic carbocycles. The SMILES string of the molecule is Cc1ccc(C(=O)NCCNC(=O)c2ccccc2[N+](=O)[O-])cc1F. The van der Waals surface area contributed by atoms with E-state index in [4.69, 9.17) is 0 Å². The number of nitro groups is 1. The number of amides is 2. The summed E-state index contributed by atoms with van der Waals surface area (Å²) in [6.07, 6.45) is 0. The number of rotatable bonds is 6. The van der Waals surface area contributed by atoms with E-state index in [-0.39, 0.29) is 29.9 Å². The maximum absolute atomic E-state index is 13.4. The van der Waals surface area contributed by atoms with Crippen molar-refractivity contribution < 1.29 is 18.9 Å². The first-order valence-corrected chi connectivity index (χ1v) is 7.46. The standard InChI is InChI=1S/C17H16FN3O4/c1-11-6-7-12(10-14(11)18)16(22)19-8-9-20-17(23)13-4-2-3-5-15(13)21(24)25/h2-7,10H,8-9H2,1H3,(H,19,22)(H,20,23). The number of hydrogen-bond donors (Lipinski definition) is 2. The van der Waals surface area contributed by atoms with Gasteiger partial charge < -0.3 is 10.6 Å². The fourth-order valence-electron chi connectivity index (χ4n) is 2.11. The van der Waals surface area contributed by atoms with Gasteiger partial charge in [0.1, 0.15) is 11.4 Å². The summed E-state index contributed by atoms with van der Waals surface area (Å²) in [7, 11) is 0. The van der Waals surface area contributed by atoms with E-state index in [1.807, 2.05) is 0 Å². The van der Waals surface area contributed by atoms with Gasteiger partial charge in [-0.3, -0.25) is 19.7 Å². The van der Waals surface area contributed by atoms with Crippen molar-refractivity contribution in [3.05, 3.63) is 75.1 Å². The highest BCUT2D eigenvalue weighted by atomic mass is 19.1. The molecule has 2 N–H and O–H groups in total. The highest BCUT2D eigenvalue weighted by molar-refractivity contribution is 5.98. The molecule has 8 heteroatoms. The maximum Gasteiger partial charge on any atom is 0.282 e. The molecule has 0 fully saturated rings. The van der Waals surface area contributed by atoms with Crippen LogP contribution in [-0.2, 0) is 0 Å². The monoisotopic (exact) mass is 345 g/mol. The minimum atomic E-state index is -0.636. The van der Waals surface area contributed by atoms with Gasteiger partial charge in [0.25, 0.3) is 17.5 Å². The van der Waals surface area contributed by atoms with Crippen LogP contribution in [0.4, 0.5) is 10.1 Å². The van der Waals surface area contributed by atoms with Crippen molar-refractivity contribution >= 4 is 17.5 Å². The Kier molecular flexibility index (Phi) is 5.78. The van der Waals surface area contributed by atoms with Gasteiger partial charge in [-0.05, 0) is 30.7 Å². The van der Waals surface area contributed by atoms with Crippen LogP contribution in [0.5, 0.6) is 0 Å². The third kappa shape index (κ3) is 4.60. The lowest BCUT2D eigenvalue weighted by Crippen LogP contribution is -2.35. The van der Waals surface area contributed by atoms with Crippen LogP contribution in [0.15, 0.2) is 42.5 Å². The van der Waals surface area contributed by atoms with Gasteiger partial charge in [0.05, 0.1) is 4.92 Å². The fraction of sp³-hybridized carbons (Fsp3) is 0.176. The molecule has 0 saturated carbocycles. The summed E-state index contributed by atoms with van der Waals surface area (Å²) in [5.74, 6) is -1.56. The van der Waals surface area contributed by atoms with Crippen molar-refractivity contribution in [3.8, 4) is 0 Å². The summed E-state index contributed by atoms with van der Waals surface area (Å²) in [6, 6.07) is 9.71. The van der Waals surface area contributed by atoms with Crippen molar-refractivity contribution in [1.82, 2.24) is 10.6 Å². The average molecular weight is 345 g/mol. The number of hydrogen-bond acceptors (Lipinski definition) is 4. The number of benzene rings is 2.